The van der Waals surface area contributed by atoms with E-state index in [1.165, 1.54) is 4.57 Å². The predicted molar refractivity (Wildman–Crippen MR) is 70.7 cm³/mol. The number of carbonyl (C=O) groups is 1. The molecule has 1 aromatic heterocycles. The van der Waals surface area contributed by atoms with Crippen LogP contribution in [-0.2, 0) is 11.3 Å². The number of rotatable bonds is 5. The molecule has 0 radical (unpaired) electrons. The molecule has 1 heterocycles. The molecule has 106 valence electrons. The minimum Gasteiger partial charge on any atom is -0.358 e. The minimum absolute atomic E-state index is 0.0771. The molecule has 0 bridgehead atoms. The average Bonchev–Trinajstić information content (AvgIpc) is 2.58. The number of carbonyl (C=O) groups excluding carboxylic acids is 1. The zero-order chi connectivity index (χ0) is 14.6. The Morgan fingerprint density at radius 3 is 2.68 bits per heavy atom. The van der Waals surface area contributed by atoms with Gasteiger partial charge in [0.1, 0.15) is 6.20 Å². The molecule has 19 heavy (non-hydrogen) atoms. The molecule has 0 unspecified atom stereocenters. The van der Waals surface area contributed by atoms with Gasteiger partial charge in [0, 0.05) is 13.5 Å². The maximum Gasteiger partial charge on any atom is 0.343 e. The fourth-order valence-electron chi connectivity index (χ4n) is 1.57. The lowest BCUT2D eigenvalue weighted by molar-refractivity contribution is -0.392. The van der Waals surface area contributed by atoms with Crippen molar-refractivity contribution in [2.75, 3.05) is 6.54 Å². The Balaban J connectivity index is 2.58. The molecule has 0 aliphatic heterocycles. The normalized spacial score (nSPS) is 11.4. The number of aromatic nitrogens is 2. The topological polar surface area (TPSA) is 90.1 Å². The molecule has 0 fully saturated rings. The number of amides is 1. The van der Waals surface area contributed by atoms with E-state index in [-0.39, 0.29) is 23.7 Å². The molecule has 0 atom stereocenters. The van der Waals surface area contributed by atoms with Gasteiger partial charge in [0.25, 0.3) is 5.91 Å². The summed E-state index contributed by atoms with van der Waals surface area (Å²) in [7, 11) is 0. The van der Waals surface area contributed by atoms with Crippen LogP contribution in [-0.4, -0.2) is 26.9 Å². The van der Waals surface area contributed by atoms with Gasteiger partial charge in [-0.2, -0.15) is 0 Å². The van der Waals surface area contributed by atoms with Crippen LogP contribution < -0.4 is 5.32 Å². The van der Waals surface area contributed by atoms with Crippen molar-refractivity contribution in [3.63, 3.8) is 0 Å². The number of hydrogen-bond acceptors (Lipinski definition) is 4. The van der Waals surface area contributed by atoms with Gasteiger partial charge in [0.2, 0.25) is 0 Å². The van der Waals surface area contributed by atoms with Crippen molar-refractivity contribution in [3.8, 4) is 0 Å². The van der Waals surface area contributed by atoms with Crippen LogP contribution in [0.5, 0.6) is 0 Å². The molecule has 0 aliphatic carbocycles. The second-order valence-electron chi connectivity index (χ2n) is 5.67. The first-order valence-electron chi connectivity index (χ1n) is 6.14. The lowest BCUT2D eigenvalue weighted by Crippen LogP contribution is -2.30. The summed E-state index contributed by atoms with van der Waals surface area (Å²) in [4.78, 5) is 25.8. The standard InChI is InChI=1S/C12H20N4O3/c1-9-14-7-11(16(18)19)15(9)8-10(17)13-6-5-12(2,3)4/h7H,5-6,8H2,1-4H3,(H,13,17). The van der Waals surface area contributed by atoms with Gasteiger partial charge in [-0.3, -0.25) is 4.79 Å². The van der Waals surface area contributed by atoms with Crippen molar-refractivity contribution in [2.45, 2.75) is 40.7 Å². The Labute approximate surface area is 112 Å². The molecular weight excluding hydrogens is 248 g/mol. The van der Waals surface area contributed by atoms with Crippen molar-refractivity contribution in [1.29, 1.82) is 0 Å². The van der Waals surface area contributed by atoms with Crippen LogP contribution in [0.2, 0.25) is 0 Å². The SMILES string of the molecule is Cc1ncc([N+](=O)[O-])n1CC(=O)NCCC(C)(C)C. The van der Waals surface area contributed by atoms with Crippen LogP contribution >= 0.6 is 0 Å². The summed E-state index contributed by atoms with van der Waals surface area (Å²) < 4.78 is 1.30. The highest BCUT2D eigenvalue weighted by Crippen LogP contribution is 2.17. The molecule has 1 amide bonds. The van der Waals surface area contributed by atoms with E-state index in [0.29, 0.717) is 12.4 Å². The fraction of sp³-hybridized carbons (Fsp3) is 0.667. The number of hydrogen-bond donors (Lipinski definition) is 1. The van der Waals surface area contributed by atoms with Gasteiger partial charge >= 0.3 is 5.82 Å². The summed E-state index contributed by atoms with van der Waals surface area (Å²) in [6, 6.07) is 0. The van der Waals surface area contributed by atoms with E-state index in [9.17, 15) is 14.9 Å². The van der Waals surface area contributed by atoms with Crippen LogP contribution in [0.1, 0.15) is 33.0 Å². The lowest BCUT2D eigenvalue weighted by Gasteiger charge is -2.17. The molecule has 0 saturated heterocycles. The molecule has 0 aliphatic rings. The quantitative estimate of drug-likeness (QED) is 0.649. The second-order valence-corrected chi connectivity index (χ2v) is 5.67. The smallest absolute Gasteiger partial charge is 0.343 e. The van der Waals surface area contributed by atoms with Crippen LogP contribution in [0, 0.1) is 22.5 Å². The van der Waals surface area contributed by atoms with Gasteiger partial charge in [0.05, 0.1) is 0 Å². The van der Waals surface area contributed by atoms with E-state index in [1.807, 2.05) is 0 Å². The Bertz CT molecular complexity index is 474. The molecule has 0 spiro atoms. The number of aryl methyl sites for hydroxylation is 1. The van der Waals surface area contributed by atoms with Gasteiger partial charge in [-0.1, -0.05) is 20.8 Å². The Hall–Kier alpha value is -1.92. The first kappa shape index (κ1) is 15.1. The highest BCUT2D eigenvalue weighted by molar-refractivity contribution is 5.76. The van der Waals surface area contributed by atoms with E-state index in [4.69, 9.17) is 0 Å². The van der Waals surface area contributed by atoms with Crippen LogP contribution in [0.15, 0.2) is 6.20 Å². The predicted octanol–water partition coefficient (Wildman–Crippen LogP) is 1.65. The molecule has 7 nitrogen and oxygen atoms in total. The van der Waals surface area contributed by atoms with E-state index < -0.39 is 4.92 Å². The van der Waals surface area contributed by atoms with Crippen LogP contribution in [0.4, 0.5) is 5.82 Å². The number of imidazole rings is 1. The summed E-state index contributed by atoms with van der Waals surface area (Å²) in [5.74, 6) is 0.0505. The molecule has 1 aromatic rings. The maximum absolute atomic E-state index is 11.7. The van der Waals surface area contributed by atoms with Gasteiger partial charge in [-0.25, -0.2) is 9.55 Å². The molecule has 7 heteroatoms. The van der Waals surface area contributed by atoms with Gasteiger partial charge < -0.3 is 15.4 Å². The highest BCUT2D eigenvalue weighted by Gasteiger charge is 2.20. The Morgan fingerprint density at radius 1 is 1.53 bits per heavy atom. The van der Waals surface area contributed by atoms with Gasteiger partial charge in [-0.05, 0) is 16.8 Å². The fourth-order valence-corrected chi connectivity index (χ4v) is 1.57. The number of nitrogens with one attached hydrogen (secondary N) is 1. The van der Waals surface area contributed by atoms with Crippen molar-refractivity contribution in [1.82, 2.24) is 14.9 Å². The van der Waals surface area contributed by atoms with Gasteiger partial charge in [-0.15, -0.1) is 0 Å². The molecule has 1 N–H and O–H groups in total. The third-order valence-corrected chi connectivity index (χ3v) is 2.72. The van der Waals surface area contributed by atoms with Crippen molar-refractivity contribution in [2.24, 2.45) is 5.41 Å². The van der Waals surface area contributed by atoms with Crippen molar-refractivity contribution in [3.05, 3.63) is 22.1 Å². The summed E-state index contributed by atoms with van der Waals surface area (Å²) in [5, 5.41) is 13.5. The van der Waals surface area contributed by atoms with Crippen LogP contribution in [0.3, 0.4) is 0 Å². The largest absolute Gasteiger partial charge is 0.358 e. The average molecular weight is 268 g/mol. The summed E-state index contributed by atoms with van der Waals surface area (Å²) >= 11 is 0. The highest BCUT2D eigenvalue weighted by atomic mass is 16.6. The summed E-state index contributed by atoms with van der Waals surface area (Å²) in [5.41, 5.74) is 0.143. The Kier molecular flexibility index (Phi) is 4.63. The first-order chi connectivity index (χ1) is 8.70. The van der Waals surface area contributed by atoms with Crippen LogP contribution in [0.25, 0.3) is 0 Å². The zero-order valence-corrected chi connectivity index (χ0v) is 11.8. The van der Waals surface area contributed by atoms with E-state index in [0.717, 1.165) is 12.6 Å². The summed E-state index contributed by atoms with van der Waals surface area (Å²) in [6.07, 6.45) is 2.02. The van der Waals surface area contributed by atoms with E-state index in [1.54, 1.807) is 6.92 Å². The lowest BCUT2D eigenvalue weighted by atomic mass is 9.92. The maximum atomic E-state index is 11.7. The van der Waals surface area contributed by atoms with Crippen molar-refractivity contribution < 1.29 is 9.72 Å². The van der Waals surface area contributed by atoms with E-state index in [2.05, 4.69) is 31.1 Å². The second kappa shape index (κ2) is 5.81. The molecular formula is C12H20N4O3. The monoisotopic (exact) mass is 268 g/mol. The zero-order valence-electron chi connectivity index (χ0n) is 11.8. The third-order valence-electron chi connectivity index (χ3n) is 2.72. The summed E-state index contributed by atoms with van der Waals surface area (Å²) in [6.45, 7) is 8.38. The van der Waals surface area contributed by atoms with E-state index >= 15 is 0 Å². The molecule has 0 saturated carbocycles. The van der Waals surface area contributed by atoms with Crippen molar-refractivity contribution >= 4 is 11.7 Å². The number of nitro groups is 1. The number of nitrogens with zero attached hydrogens (tertiary/aromatic N) is 3. The van der Waals surface area contributed by atoms with Gasteiger partial charge in [0.15, 0.2) is 12.4 Å². The third kappa shape index (κ3) is 4.69. The molecule has 0 aromatic carbocycles. The Morgan fingerprint density at radius 2 is 2.16 bits per heavy atom. The first-order valence-corrected chi connectivity index (χ1v) is 6.14. The minimum atomic E-state index is -0.539. The molecule has 1 rings (SSSR count).